The normalized spacial score (nSPS) is 46.5. The summed E-state index contributed by atoms with van der Waals surface area (Å²) in [6.07, 6.45) is 11.3. The van der Waals surface area contributed by atoms with Gasteiger partial charge in [-0.15, -0.1) is 0 Å². The van der Waals surface area contributed by atoms with E-state index in [9.17, 15) is 14.7 Å². The number of fused-ring (bicyclic) bond motifs is 5. The maximum Gasteiger partial charge on any atom is 0.335 e. The number of piperazine rings is 1. The Morgan fingerprint density at radius 3 is 2.65 bits per heavy atom. The molecule has 2 heterocycles. The van der Waals surface area contributed by atoms with Gasteiger partial charge < -0.3 is 19.7 Å². The molecule has 2 N–H and O–H groups in total. The highest BCUT2D eigenvalue weighted by atomic mass is 16.4. The summed E-state index contributed by atoms with van der Waals surface area (Å²) in [7, 11) is 0. The second-order valence-corrected chi connectivity index (χ2v) is 12.5. The van der Waals surface area contributed by atoms with E-state index in [1.165, 1.54) is 18.9 Å². The first kappa shape index (κ1) is 22.8. The van der Waals surface area contributed by atoms with Gasteiger partial charge in [-0.05, 0) is 98.5 Å². The van der Waals surface area contributed by atoms with E-state index in [0.717, 1.165) is 63.6 Å². The molecule has 0 unspecified atom stereocenters. The van der Waals surface area contributed by atoms with Gasteiger partial charge in [0, 0.05) is 30.6 Å². The summed E-state index contributed by atoms with van der Waals surface area (Å²) in [5.41, 5.74) is 0.177. The fourth-order valence-corrected chi connectivity index (χ4v) is 9.59. The van der Waals surface area contributed by atoms with E-state index >= 15 is 0 Å². The Bertz CT molecular complexity index is 1000. The van der Waals surface area contributed by atoms with E-state index in [1.807, 2.05) is 6.07 Å². The topological polar surface area (TPSA) is 82.8 Å². The van der Waals surface area contributed by atoms with E-state index in [-0.39, 0.29) is 28.3 Å². The van der Waals surface area contributed by atoms with Crippen LogP contribution in [0.25, 0.3) is 0 Å². The van der Waals surface area contributed by atoms with E-state index in [4.69, 9.17) is 4.42 Å². The second kappa shape index (κ2) is 7.92. The molecule has 4 aliphatic carbocycles. The van der Waals surface area contributed by atoms with E-state index < -0.39 is 5.60 Å². The quantitative estimate of drug-likeness (QED) is 0.692. The predicted molar refractivity (Wildman–Crippen MR) is 129 cm³/mol. The van der Waals surface area contributed by atoms with Crippen molar-refractivity contribution in [3.05, 3.63) is 34.4 Å². The van der Waals surface area contributed by atoms with Crippen molar-refractivity contribution in [2.45, 2.75) is 89.2 Å². The SMILES string of the molecule is C[C@]12CC[C@H](N3CCNCC3=O)C[C@H]1CC[C@@H]1[C@@H]2CC[C@]2(C)[C@@H](c3ccc(=O)oc3)CC[C@]12O. The summed E-state index contributed by atoms with van der Waals surface area (Å²) in [5, 5.41) is 15.6. The van der Waals surface area contributed by atoms with Crippen molar-refractivity contribution in [1.29, 1.82) is 0 Å². The molecule has 1 amide bonds. The van der Waals surface area contributed by atoms with Gasteiger partial charge in [0.05, 0.1) is 18.4 Å². The molecule has 5 fully saturated rings. The van der Waals surface area contributed by atoms with Crippen molar-refractivity contribution in [3.63, 3.8) is 0 Å². The predicted octanol–water partition coefficient (Wildman–Crippen LogP) is 3.68. The van der Waals surface area contributed by atoms with Gasteiger partial charge in [0.25, 0.3) is 0 Å². The number of nitrogens with one attached hydrogen (secondary N) is 1. The lowest BCUT2D eigenvalue weighted by Gasteiger charge is -2.64. The number of aliphatic hydroxyl groups is 1. The van der Waals surface area contributed by atoms with Crippen LogP contribution in [0.15, 0.2) is 27.6 Å². The van der Waals surface area contributed by atoms with Crippen molar-refractivity contribution in [2.24, 2.45) is 28.6 Å². The number of hydrogen-bond acceptors (Lipinski definition) is 5. The smallest absolute Gasteiger partial charge is 0.335 e. The molecular formula is C28H40N2O4. The third kappa shape index (κ3) is 3.13. The number of carbonyl (C=O) groups is 1. The molecule has 1 aliphatic heterocycles. The van der Waals surface area contributed by atoms with Gasteiger partial charge in [-0.2, -0.15) is 0 Å². The van der Waals surface area contributed by atoms with Crippen LogP contribution in [0.2, 0.25) is 0 Å². The molecule has 1 aromatic heterocycles. The Balaban J connectivity index is 1.24. The minimum atomic E-state index is -0.657. The fraction of sp³-hybridized carbons (Fsp3) is 0.786. The van der Waals surface area contributed by atoms with Crippen molar-refractivity contribution >= 4 is 5.91 Å². The Hall–Kier alpha value is -1.66. The van der Waals surface area contributed by atoms with E-state index in [1.54, 1.807) is 6.26 Å². The monoisotopic (exact) mass is 468 g/mol. The van der Waals surface area contributed by atoms with Gasteiger partial charge >= 0.3 is 5.63 Å². The molecule has 0 aromatic carbocycles. The third-order valence-corrected chi connectivity index (χ3v) is 11.5. The summed E-state index contributed by atoms with van der Waals surface area (Å²) in [4.78, 5) is 26.2. The Morgan fingerprint density at radius 2 is 1.88 bits per heavy atom. The molecule has 1 saturated heterocycles. The van der Waals surface area contributed by atoms with Crippen molar-refractivity contribution < 1.29 is 14.3 Å². The van der Waals surface area contributed by atoms with Crippen LogP contribution in [0.4, 0.5) is 0 Å². The van der Waals surface area contributed by atoms with Gasteiger partial charge in [-0.3, -0.25) is 4.79 Å². The van der Waals surface area contributed by atoms with Crippen LogP contribution in [-0.4, -0.2) is 47.2 Å². The zero-order valence-corrected chi connectivity index (χ0v) is 20.7. The third-order valence-electron chi connectivity index (χ3n) is 11.5. The minimum absolute atomic E-state index is 0.179. The lowest BCUT2D eigenvalue weighted by atomic mass is 9.43. The minimum Gasteiger partial charge on any atom is -0.431 e. The molecule has 8 atom stereocenters. The number of hydrogen-bond donors (Lipinski definition) is 2. The van der Waals surface area contributed by atoms with Crippen LogP contribution < -0.4 is 10.9 Å². The lowest BCUT2D eigenvalue weighted by molar-refractivity contribution is -0.204. The van der Waals surface area contributed by atoms with Gasteiger partial charge in [-0.1, -0.05) is 13.8 Å². The van der Waals surface area contributed by atoms with Gasteiger partial charge in [0.1, 0.15) is 0 Å². The van der Waals surface area contributed by atoms with Crippen molar-refractivity contribution in [2.75, 3.05) is 19.6 Å². The van der Waals surface area contributed by atoms with Gasteiger partial charge in [-0.25, -0.2) is 4.79 Å². The Morgan fingerprint density at radius 1 is 1.03 bits per heavy atom. The lowest BCUT2D eigenvalue weighted by Crippen LogP contribution is -2.63. The highest BCUT2D eigenvalue weighted by molar-refractivity contribution is 5.79. The van der Waals surface area contributed by atoms with E-state index in [2.05, 4.69) is 24.1 Å². The molecule has 0 spiro atoms. The Labute approximate surface area is 202 Å². The zero-order chi connectivity index (χ0) is 23.7. The number of rotatable bonds is 2. The highest BCUT2D eigenvalue weighted by Gasteiger charge is 2.67. The molecule has 0 bridgehead atoms. The zero-order valence-electron chi connectivity index (χ0n) is 20.7. The maximum absolute atomic E-state index is 12.5. The summed E-state index contributed by atoms with van der Waals surface area (Å²) in [6.45, 7) is 7.05. The van der Waals surface area contributed by atoms with Crippen LogP contribution in [0, 0.1) is 28.6 Å². The van der Waals surface area contributed by atoms with Crippen molar-refractivity contribution in [1.82, 2.24) is 10.2 Å². The van der Waals surface area contributed by atoms with Crippen molar-refractivity contribution in [3.8, 4) is 0 Å². The number of amides is 1. The molecule has 6 heteroatoms. The number of carbonyl (C=O) groups excluding carboxylic acids is 1. The molecule has 5 aliphatic rings. The van der Waals surface area contributed by atoms with E-state index in [0.29, 0.717) is 30.3 Å². The molecular weight excluding hydrogens is 428 g/mol. The highest BCUT2D eigenvalue weighted by Crippen LogP contribution is 2.70. The summed E-state index contributed by atoms with van der Waals surface area (Å²) < 4.78 is 5.22. The molecule has 0 radical (unpaired) electrons. The van der Waals surface area contributed by atoms with Crippen LogP contribution in [-0.2, 0) is 4.79 Å². The average Bonchev–Trinajstić information content (AvgIpc) is 3.11. The summed E-state index contributed by atoms with van der Waals surface area (Å²) in [5.74, 6) is 2.04. The second-order valence-electron chi connectivity index (χ2n) is 12.5. The van der Waals surface area contributed by atoms with Gasteiger partial charge in [0.15, 0.2) is 0 Å². The molecule has 6 rings (SSSR count). The number of nitrogens with zero attached hydrogens (tertiary/aromatic N) is 1. The van der Waals surface area contributed by atoms with Crippen LogP contribution in [0.3, 0.4) is 0 Å². The van der Waals surface area contributed by atoms with Crippen LogP contribution in [0.5, 0.6) is 0 Å². The first-order valence-electron chi connectivity index (χ1n) is 13.6. The summed E-state index contributed by atoms with van der Waals surface area (Å²) >= 11 is 0. The van der Waals surface area contributed by atoms with Gasteiger partial charge in [0.2, 0.25) is 5.91 Å². The van der Waals surface area contributed by atoms with Crippen LogP contribution >= 0.6 is 0 Å². The molecule has 186 valence electrons. The standard InChI is InChI=1S/C28H40N2O4/c1-26-10-7-20(30-14-13-29-16-24(30)31)15-19(26)4-5-23-22(26)8-11-27(2)21(9-12-28(23,27)33)18-3-6-25(32)34-17-18/h3,6,17,19-23,29,33H,4-5,7-16H2,1-2H3/t19-,20+,21-,22+,23-,26+,27-,28+/m1/s1. The first-order valence-corrected chi connectivity index (χ1v) is 13.6. The molecule has 6 nitrogen and oxygen atoms in total. The fourth-order valence-electron chi connectivity index (χ4n) is 9.59. The Kier molecular flexibility index (Phi) is 5.31. The maximum atomic E-state index is 12.5. The molecule has 34 heavy (non-hydrogen) atoms. The average molecular weight is 469 g/mol. The molecule has 1 aromatic rings. The first-order chi connectivity index (χ1) is 16.3. The summed E-state index contributed by atoms with van der Waals surface area (Å²) in [6, 6.07) is 3.83. The van der Waals surface area contributed by atoms with Crippen LogP contribution in [0.1, 0.15) is 83.1 Å². The largest absolute Gasteiger partial charge is 0.431 e. The molecule has 4 saturated carbocycles.